The third-order valence-corrected chi connectivity index (χ3v) is 6.02. The van der Waals surface area contributed by atoms with Crippen LogP contribution in [0.2, 0.25) is 0 Å². The number of carbonyl (C=O) groups excluding carboxylic acids is 2. The van der Waals surface area contributed by atoms with Crippen molar-refractivity contribution >= 4 is 23.2 Å². The van der Waals surface area contributed by atoms with Crippen molar-refractivity contribution in [3.63, 3.8) is 0 Å². The molecule has 0 aromatic heterocycles. The summed E-state index contributed by atoms with van der Waals surface area (Å²) in [6.07, 6.45) is 2.14. The van der Waals surface area contributed by atoms with Gasteiger partial charge < -0.3 is 25.0 Å². The fourth-order valence-corrected chi connectivity index (χ4v) is 4.20. The molecule has 0 radical (unpaired) electrons. The number of rotatable bonds is 3. The fraction of sp³-hybridized carbons (Fsp3) is 0.280. The molecule has 9 heteroatoms. The summed E-state index contributed by atoms with van der Waals surface area (Å²) < 4.78 is 38.4. The van der Waals surface area contributed by atoms with Crippen LogP contribution < -0.4 is 10.6 Å². The van der Waals surface area contributed by atoms with Gasteiger partial charge in [0.1, 0.15) is 24.0 Å². The number of nitrogens with zero attached hydrogens (tertiary/aromatic N) is 1. The van der Waals surface area contributed by atoms with Crippen LogP contribution in [0.3, 0.4) is 0 Å². The highest BCUT2D eigenvalue weighted by atomic mass is 19.1. The van der Waals surface area contributed by atoms with Crippen LogP contribution in [0, 0.1) is 11.6 Å². The Morgan fingerprint density at radius 1 is 1.00 bits per heavy atom. The molecule has 3 aliphatic rings. The standard InChI is InChI=1S/C25H23F2N3O4/c26-17-2-4-22(21(27)11-17)28-19-12-23(31)20-10-15-1-3-18(9-16(15)14-34-24(20)13-19)29-25(32)30-5-7-33-8-6-30/h1-4,9,11,13,28H,5-8,10,12,14H2,(H,29,32). The van der Waals surface area contributed by atoms with Crippen LogP contribution in [0.1, 0.15) is 17.5 Å². The number of hydrogen-bond acceptors (Lipinski definition) is 5. The summed E-state index contributed by atoms with van der Waals surface area (Å²) in [6, 6.07) is 8.60. The van der Waals surface area contributed by atoms with Gasteiger partial charge in [-0.25, -0.2) is 13.6 Å². The van der Waals surface area contributed by atoms with Gasteiger partial charge in [0.25, 0.3) is 0 Å². The smallest absolute Gasteiger partial charge is 0.321 e. The minimum atomic E-state index is -0.742. The molecule has 0 unspecified atom stereocenters. The highest BCUT2D eigenvalue weighted by molar-refractivity contribution is 6.00. The lowest BCUT2D eigenvalue weighted by Crippen LogP contribution is -2.43. The van der Waals surface area contributed by atoms with Gasteiger partial charge >= 0.3 is 6.03 Å². The molecule has 176 valence electrons. The Hall–Kier alpha value is -3.72. The van der Waals surface area contributed by atoms with Crippen molar-refractivity contribution in [1.29, 1.82) is 0 Å². The van der Waals surface area contributed by atoms with E-state index in [1.807, 2.05) is 18.2 Å². The summed E-state index contributed by atoms with van der Waals surface area (Å²) in [4.78, 5) is 27.1. The van der Waals surface area contributed by atoms with E-state index in [1.165, 1.54) is 6.07 Å². The van der Waals surface area contributed by atoms with E-state index in [4.69, 9.17) is 9.47 Å². The zero-order valence-electron chi connectivity index (χ0n) is 18.3. The molecular formula is C25H23F2N3O4. The molecule has 2 heterocycles. The predicted octanol–water partition coefficient (Wildman–Crippen LogP) is 4.12. The van der Waals surface area contributed by atoms with Crippen LogP contribution in [-0.2, 0) is 27.3 Å². The number of urea groups is 1. The number of anilines is 2. The molecule has 34 heavy (non-hydrogen) atoms. The van der Waals surface area contributed by atoms with Gasteiger partial charge in [-0.1, -0.05) is 6.07 Å². The number of ether oxygens (including phenoxy) is 2. The molecule has 0 saturated carbocycles. The van der Waals surface area contributed by atoms with Gasteiger partial charge in [0, 0.05) is 48.6 Å². The second-order valence-electron chi connectivity index (χ2n) is 8.34. The number of fused-ring (bicyclic) bond motifs is 1. The largest absolute Gasteiger partial charge is 0.488 e. The molecule has 2 amide bonds. The van der Waals surface area contributed by atoms with Crippen LogP contribution in [0.25, 0.3) is 0 Å². The van der Waals surface area contributed by atoms with E-state index in [0.29, 0.717) is 55.4 Å². The Morgan fingerprint density at radius 3 is 2.62 bits per heavy atom. The van der Waals surface area contributed by atoms with E-state index in [2.05, 4.69) is 10.6 Å². The zero-order valence-corrected chi connectivity index (χ0v) is 18.3. The monoisotopic (exact) mass is 467 g/mol. The van der Waals surface area contributed by atoms with Gasteiger partial charge in [-0.05, 0) is 35.4 Å². The van der Waals surface area contributed by atoms with Crippen molar-refractivity contribution in [2.45, 2.75) is 19.4 Å². The number of ketones is 1. The molecule has 2 aromatic rings. The van der Waals surface area contributed by atoms with Crippen molar-refractivity contribution in [3.05, 3.63) is 82.3 Å². The maximum atomic E-state index is 14.0. The quantitative estimate of drug-likeness (QED) is 0.710. The normalized spacial score (nSPS) is 17.8. The molecule has 2 aliphatic heterocycles. The molecule has 0 bridgehead atoms. The average molecular weight is 467 g/mol. The Balaban J connectivity index is 1.31. The number of Topliss-reactive ketones (excluding diaryl/α,β-unsaturated/α-hetero) is 1. The first-order valence-electron chi connectivity index (χ1n) is 11.0. The minimum absolute atomic E-state index is 0.0576. The summed E-state index contributed by atoms with van der Waals surface area (Å²) in [5, 5.41) is 5.78. The van der Waals surface area contributed by atoms with Gasteiger partial charge in [-0.3, -0.25) is 4.79 Å². The Bertz CT molecular complexity index is 1220. The molecule has 2 N–H and O–H groups in total. The van der Waals surface area contributed by atoms with Crippen molar-refractivity contribution in [2.75, 3.05) is 36.9 Å². The van der Waals surface area contributed by atoms with Crippen molar-refractivity contribution < 1.29 is 27.8 Å². The third-order valence-electron chi connectivity index (χ3n) is 6.02. The Labute approximate surface area is 195 Å². The first-order chi connectivity index (χ1) is 16.5. The van der Waals surface area contributed by atoms with E-state index < -0.39 is 11.6 Å². The SMILES string of the molecule is O=C1CC(Nc2ccc(F)cc2F)=CC2=C1Cc1ccc(NC(=O)N3CCOCC3)cc1CO2. The van der Waals surface area contributed by atoms with Crippen molar-refractivity contribution in [3.8, 4) is 0 Å². The first-order valence-corrected chi connectivity index (χ1v) is 11.0. The molecular weight excluding hydrogens is 444 g/mol. The molecule has 5 rings (SSSR count). The van der Waals surface area contributed by atoms with Crippen LogP contribution in [0.4, 0.5) is 25.0 Å². The predicted molar refractivity (Wildman–Crippen MR) is 121 cm³/mol. The first kappa shape index (κ1) is 22.1. The van der Waals surface area contributed by atoms with Crippen LogP contribution in [0.5, 0.6) is 0 Å². The van der Waals surface area contributed by atoms with E-state index in [9.17, 15) is 18.4 Å². The van der Waals surface area contributed by atoms with Gasteiger partial charge in [0.2, 0.25) is 0 Å². The maximum absolute atomic E-state index is 14.0. The number of allylic oxidation sites excluding steroid dienone is 3. The number of hydrogen-bond donors (Lipinski definition) is 2. The molecule has 7 nitrogen and oxygen atoms in total. The van der Waals surface area contributed by atoms with Gasteiger partial charge in [0.15, 0.2) is 5.78 Å². The van der Waals surface area contributed by atoms with E-state index in [1.54, 1.807) is 11.0 Å². The minimum Gasteiger partial charge on any atom is -0.488 e. The lowest BCUT2D eigenvalue weighted by atomic mass is 9.92. The van der Waals surface area contributed by atoms with Gasteiger partial charge in [0.05, 0.1) is 25.3 Å². The summed E-state index contributed by atoms with van der Waals surface area (Å²) in [5.74, 6) is -1.11. The molecule has 0 spiro atoms. The van der Waals surface area contributed by atoms with Crippen LogP contribution >= 0.6 is 0 Å². The number of carbonyl (C=O) groups is 2. The second-order valence-corrected chi connectivity index (χ2v) is 8.34. The van der Waals surface area contributed by atoms with Crippen LogP contribution in [-0.4, -0.2) is 43.0 Å². The molecule has 1 saturated heterocycles. The number of amides is 2. The summed E-state index contributed by atoms with van der Waals surface area (Å²) in [5.41, 5.74) is 3.57. The summed E-state index contributed by atoms with van der Waals surface area (Å²) in [6.45, 7) is 2.35. The van der Waals surface area contributed by atoms with Crippen molar-refractivity contribution in [1.82, 2.24) is 4.90 Å². The highest BCUT2D eigenvalue weighted by Crippen LogP contribution is 2.32. The van der Waals surface area contributed by atoms with E-state index in [0.717, 1.165) is 23.3 Å². The molecule has 0 atom stereocenters. The fourth-order valence-electron chi connectivity index (χ4n) is 4.20. The highest BCUT2D eigenvalue weighted by Gasteiger charge is 2.27. The van der Waals surface area contributed by atoms with Crippen molar-refractivity contribution in [2.24, 2.45) is 0 Å². The topological polar surface area (TPSA) is 79.9 Å². The number of nitrogens with one attached hydrogen (secondary N) is 2. The Kier molecular flexibility index (Phi) is 6.02. The number of morpholine rings is 1. The molecule has 1 fully saturated rings. The average Bonchev–Trinajstić information content (AvgIpc) is 3.01. The number of benzene rings is 2. The lowest BCUT2D eigenvalue weighted by Gasteiger charge is -2.27. The van der Waals surface area contributed by atoms with Crippen LogP contribution in [0.15, 0.2) is 59.5 Å². The lowest BCUT2D eigenvalue weighted by molar-refractivity contribution is -0.115. The maximum Gasteiger partial charge on any atom is 0.321 e. The van der Waals surface area contributed by atoms with E-state index in [-0.39, 0.29) is 30.5 Å². The number of halogens is 2. The third kappa shape index (κ3) is 4.65. The second kappa shape index (κ2) is 9.26. The summed E-state index contributed by atoms with van der Waals surface area (Å²) >= 11 is 0. The Morgan fingerprint density at radius 2 is 1.82 bits per heavy atom. The zero-order chi connectivity index (χ0) is 23.7. The molecule has 2 aromatic carbocycles. The molecule has 1 aliphatic carbocycles. The summed E-state index contributed by atoms with van der Waals surface area (Å²) in [7, 11) is 0. The van der Waals surface area contributed by atoms with Gasteiger partial charge in [-0.2, -0.15) is 0 Å². The van der Waals surface area contributed by atoms with Gasteiger partial charge in [-0.15, -0.1) is 0 Å². The van der Waals surface area contributed by atoms with E-state index >= 15 is 0 Å².